The lowest BCUT2D eigenvalue weighted by Crippen LogP contribution is -2.40. The number of hydrogen-bond donors (Lipinski definition) is 2. The Kier molecular flexibility index (Phi) is 3.29. The summed E-state index contributed by atoms with van der Waals surface area (Å²) in [6, 6.07) is 0.226. The molecule has 2 rings (SSSR count). The summed E-state index contributed by atoms with van der Waals surface area (Å²) in [4.78, 5) is 11.8. The van der Waals surface area contributed by atoms with Crippen molar-refractivity contribution in [2.24, 2.45) is 17.8 Å². The maximum atomic E-state index is 11.8. The summed E-state index contributed by atoms with van der Waals surface area (Å²) in [6.45, 7) is 2.20. The minimum absolute atomic E-state index is 0.171. The van der Waals surface area contributed by atoms with Crippen LogP contribution in [-0.2, 0) is 4.79 Å². The van der Waals surface area contributed by atoms with E-state index in [2.05, 4.69) is 5.32 Å². The predicted octanol–water partition coefficient (Wildman–Crippen LogP) is 1.31. The largest absolute Gasteiger partial charge is 0.396 e. The Labute approximate surface area is 91.2 Å². The Morgan fingerprint density at radius 1 is 1.33 bits per heavy atom. The van der Waals surface area contributed by atoms with Gasteiger partial charge in [0.1, 0.15) is 0 Å². The highest BCUT2D eigenvalue weighted by Crippen LogP contribution is 2.38. The van der Waals surface area contributed by atoms with Crippen LogP contribution in [-0.4, -0.2) is 23.7 Å². The van der Waals surface area contributed by atoms with Crippen molar-refractivity contribution in [3.05, 3.63) is 0 Å². The van der Waals surface area contributed by atoms with E-state index >= 15 is 0 Å². The number of nitrogens with one attached hydrogen (secondary N) is 1. The summed E-state index contributed by atoms with van der Waals surface area (Å²) in [5.41, 5.74) is 0. The SMILES string of the molecule is CC(C(=O)NC(CCO)C1CC1)C1CC1. The average molecular weight is 211 g/mol. The van der Waals surface area contributed by atoms with Crippen molar-refractivity contribution < 1.29 is 9.90 Å². The van der Waals surface area contributed by atoms with Gasteiger partial charge in [-0.2, -0.15) is 0 Å². The van der Waals surface area contributed by atoms with E-state index in [0.29, 0.717) is 18.3 Å². The molecule has 2 N–H and O–H groups in total. The van der Waals surface area contributed by atoms with Gasteiger partial charge in [0.15, 0.2) is 0 Å². The number of amides is 1. The summed E-state index contributed by atoms with van der Waals surface area (Å²) in [7, 11) is 0. The lowest BCUT2D eigenvalue weighted by atomic mass is 10.0. The molecule has 2 aliphatic carbocycles. The second kappa shape index (κ2) is 4.52. The fraction of sp³-hybridized carbons (Fsp3) is 0.917. The zero-order valence-electron chi connectivity index (χ0n) is 9.41. The van der Waals surface area contributed by atoms with E-state index in [0.717, 1.165) is 0 Å². The third-order valence-corrected chi connectivity index (χ3v) is 3.70. The van der Waals surface area contributed by atoms with Gasteiger partial charge >= 0.3 is 0 Å². The van der Waals surface area contributed by atoms with E-state index in [1.807, 2.05) is 6.92 Å². The fourth-order valence-electron chi connectivity index (χ4n) is 2.19. The molecule has 3 heteroatoms. The standard InChI is InChI=1S/C12H21NO2/c1-8(9-2-3-9)12(15)13-11(6-7-14)10-4-5-10/h8-11,14H,2-7H2,1H3,(H,13,15). The van der Waals surface area contributed by atoms with Gasteiger partial charge in [-0.1, -0.05) is 6.92 Å². The van der Waals surface area contributed by atoms with E-state index < -0.39 is 0 Å². The summed E-state index contributed by atoms with van der Waals surface area (Å²) >= 11 is 0. The molecule has 0 saturated heterocycles. The third kappa shape index (κ3) is 2.94. The van der Waals surface area contributed by atoms with Gasteiger partial charge in [-0.15, -0.1) is 0 Å². The second-order valence-electron chi connectivity index (χ2n) is 5.09. The van der Waals surface area contributed by atoms with Gasteiger partial charge in [0.05, 0.1) is 0 Å². The van der Waals surface area contributed by atoms with E-state index in [4.69, 9.17) is 5.11 Å². The van der Waals surface area contributed by atoms with Crippen LogP contribution in [0, 0.1) is 17.8 Å². The molecule has 0 aromatic carbocycles. The van der Waals surface area contributed by atoms with Crippen LogP contribution in [0.25, 0.3) is 0 Å². The topological polar surface area (TPSA) is 49.3 Å². The van der Waals surface area contributed by atoms with Crippen molar-refractivity contribution in [2.45, 2.75) is 45.1 Å². The highest BCUT2D eigenvalue weighted by atomic mass is 16.3. The zero-order valence-corrected chi connectivity index (χ0v) is 9.41. The minimum atomic E-state index is 0.171. The molecule has 0 bridgehead atoms. The monoisotopic (exact) mass is 211 g/mol. The van der Waals surface area contributed by atoms with Crippen LogP contribution in [0.3, 0.4) is 0 Å². The van der Waals surface area contributed by atoms with Gasteiger partial charge in [0.25, 0.3) is 0 Å². The first kappa shape index (κ1) is 10.9. The molecule has 0 aromatic rings. The lowest BCUT2D eigenvalue weighted by Gasteiger charge is -2.19. The molecule has 1 amide bonds. The van der Waals surface area contributed by atoms with Crippen LogP contribution in [0.4, 0.5) is 0 Å². The Balaban J connectivity index is 1.79. The van der Waals surface area contributed by atoms with Crippen molar-refractivity contribution in [1.82, 2.24) is 5.32 Å². The Morgan fingerprint density at radius 2 is 1.93 bits per heavy atom. The quantitative estimate of drug-likeness (QED) is 0.696. The van der Waals surface area contributed by atoms with Gasteiger partial charge in [0, 0.05) is 18.6 Å². The summed E-state index contributed by atoms with van der Waals surface area (Å²) in [5, 5.41) is 12.0. The minimum Gasteiger partial charge on any atom is -0.396 e. The van der Waals surface area contributed by atoms with Gasteiger partial charge < -0.3 is 10.4 Å². The number of rotatable bonds is 6. The van der Waals surface area contributed by atoms with E-state index in [1.165, 1.54) is 25.7 Å². The van der Waals surface area contributed by atoms with Crippen LogP contribution in [0.5, 0.6) is 0 Å². The summed E-state index contributed by atoms with van der Waals surface area (Å²) < 4.78 is 0. The molecule has 0 radical (unpaired) electrons. The molecule has 2 atom stereocenters. The Morgan fingerprint density at radius 3 is 2.40 bits per heavy atom. The molecule has 3 nitrogen and oxygen atoms in total. The maximum Gasteiger partial charge on any atom is 0.223 e. The molecule has 2 unspecified atom stereocenters. The number of aliphatic hydroxyl groups excluding tert-OH is 1. The number of carbonyl (C=O) groups is 1. The molecular weight excluding hydrogens is 190 g/mol. The first-order valence-corrected chi connectivity index (χ1v) is 6.13. The molecular formula is C12H21NO2. The number of aliphatic hydroxyl groups is 1. The fourth-order valence-corrected chi connectivity index (χ4v) is 2.19. The molecule has 86 valence electrons. The normalized spacial score (nSPS) is 24.7. The molecule has 2 saturated carbocycles. The van der Waals surface area contributed by atoms with Gasteiger partial charge in [-0.3, -0.25) is 4.79 Å². The molecule has 0 heterocycles. The van der Waals surface area contributed by atoms with Crippen molar-refractivity contribution in [3.8, 4) is 0 Å². The first-order valence-electron chi connectivity index (χ1n) is 6.13. The van der Waals surface area contributed by atoms with Crippen LogP contribution < -0.4 is 5.32 Å². The van der Waals surface area contributed by atoms with Crippen LogP contribution in [0.15, 0.2) is 0 Å². The smallest absolute Gasteiger partial charge is 0.223 e. The highest BCUT2D eigenvalue weighted by molar-refractivity contribution is 5.79. The van der Waals surface area contributed by atoms with Gasteiger partial charge in [0.2, 0.25) is 5.91 Å². The van der Waals surface area contributed by atoms with E-state index in [-0.39, 0.29) is 24.5 Å². The Bertz CT molecular complexity index is 234. The van der Waals surface area contributed by atoms with Crippen molar-refractivity contribution in [2.75, 3.05) is 6.61 Å². The van der Waals surface area contributed by atoms with E-state index in [9.17, 15) is 4.79 Å². The van der Waals surface area contributed by atoms with Gasteiger partial charge in [-0.25, -0.2) is 0 Å². The molecule has 2 aliphatic rings. The zero-order chi connectivity index (χ0) is 10.8. The summed E-state index contributed by atoms with van der Waals surface area (Å²) in [6.07, 6.45) is 5.56. The van der Waals surface area contributed by atoms with Crippen molar-refractivity contribution in [3.63, 3.8) is 0 Å². The first-order chi connectivity index (χ1) is 7.22. The second-order valence-corrected chi connectivity index (χ2v) is 5.09. The van der Waals surface area contributed by atoms with Crippen molar-refractivity contribution >= 4 is 5.91 Å². The Hall–Kier alpha value is -0.570. The third-order valence-electron chi connectivity index (χ3n) is 3.70. The lowest BCUT2D eigenvalue weighted by molar-refractivity contribution is -0.126. The molecule has 0 spiro atoms. The molecule has 15 heavy (non-hydrogen) atoms. The number of carbonyl (C=O) groups excluding carboxylic acids is 1. The molecule has 0 aliphatic heterocycles. The predicted molar refractivity (Wildman–Crippen MR) is 58.2 cm³/mol. The van der Waals surface area contributed by atoms with Gasteiger partial charge in [-0.05, 0) is 43.9 Å². The highest BCUT2D eigenvalue weighted by Gasteiger charge is 2.36. The number of hydrogen-bond acceptors (Lipinski definition) is 2. The van der Waals surface area contributed by atoms with Crippen LogP contribution in [0.2, 0.25) is 0 Å². The van der Waals surface area contributed by atoms with Crippen LogP contribution in [0.1, 0.15) is 39.0 Å². The summed E-state index contributed by atoms with van der Waals surface area (Å²) in [5.74, 6) is 1.62. The molecule has 2 fully saturated rings. The molecule has 0 aromatic heterocycles. The van der Waals surface area contributed by atoms with Crippen LogP contribution >= 0.6 is 0 Å². The van der Waals surface area contributed by atoms with Crippen molar-refractivity contribution in [1.29, 1.82) is 0 Å². The average Bonchev–Trinajstić information content (AvgIpc) is 3.05. The maximum absolute atomic E-state index is 11.8. The van der Waals surface area contributed by atoms with E-state index in [1.54, 1.807) is 0 Å².